The Morgan fingerprint density at radius 2 is 1.88 bits per heavy atom. The lowest BCUT2D eigenvalue weighted by Crippen LogP contribution is -2.10. The molecule has 0 aliphatic carbocycles. The van der Waals surface area contributed by atoms with E-state index in [4.69, 9.17) is 4.98 Å². The molecule has 0 fully saturated rings. The SMILES string of the molecule is Bc1ccc2nc(NCc3ccccc3)c3cc[nH]c(=O)c3c2c1. The quantitative estimate of drug-likeness (QED) is 0.449. The summed E-state index contributed by atoms with van der Waals surface area (Å²) in [5.74, 6) is 0.733. The lowest BCUT2D eigenvalue weighted by Gasteiger charge is -2.11. The average molecular weight is 313 g/mol. The number of aromatic amines is 1. The summed E-state index contributed by atoms with van der Waals surface area (Å²) in [6.45, 7) is 0.660. The fourth-order valence-corrected chi connectivity index (χ4v) is 2.99. The summed E-state index contributed by atoms with van der Waals surface area (Å²) >= 11 is 0. The molecule has 116 valence electrons. The molecular weight excluding hydrogens is 297 g/mol. The molecule has 0 atom stereocenters. The minimum atomic E-state index is -0.0896. The lowest BCUT2D eigenvalue weighted by atomic mass is 9.93. The maximum Gasteiger partial charge on any atom is 0.256 e. The maximum absolute atomic E-state index is 12.4. The highest BCUT2D eigenvalue weighted by atomic mass is 16.1. The van der Waals surface area contributed by atoms with Crippen LogP contribution in [0.15, 0.2) is 65.6 Å². The molecule has 0 aliphatic heterocycles. The van der Waals surface area contributed by atoms with Crippen molar-refractivity contribution in [3.05, 3.63) is 76.7 Å². The summed E-state index contributed by atoms with van der Waals surface area (Å²) in [5.41, 5.74) is 3.01. The van der Waals surface area contributed by atoms with Crippen molar-refractivity contribution in [1.29, 1.82) is 0 Å². The van der Waals surface area contributed by atoms with Gasteiger partial charge in [0.05, 0.1) is 10.9 Å². The molecular formula is C19H16BN3O. The minimum Gasteiger partial charge on any atom is -0.365 e. The van der Waals surface area contributed by atoms with E-state index in [1.807, 2.05) is 50.3 Å². The second-order valence-electron chi connectivity index (χ2n) is 5.92. The van der Waals surface area contributed by atoms with E-state index in [1.54, 1.807) is 6.20 Å². The van der Waals surface area contributed by atoms with E-state index in [0.717, 1.165) is 27.6 Å². The standard InChI is InChI=1S/C19H16BN3O/c20-13-6-7-16-15(10-13)17-14(8-9-21-19(17)24)18(23-16)22-11-12-4-2-1-3-5-12/h1-10H,11,20H2,(H,21,24)(H,22,23). The minimum absolute atomic E-state index is 0.0896. The van der Waals surface area contributed by atoms with Crippen LogP contribution in [-0.2, 0) is 6.54 Å². The van der Waals surface area contributed by atoms with E-state index in [9.17, 15) is 4.79 Å². The first-order valence-electron chi connectivity index (χ1n) is 7.92. The molecule has 0 saturated carbocycles. The smallest absolute Gasteiger partial charge is 0.256 e. The van der Waals surface area contributed by atoms with Crippen LogP contribution in [0.2, 0.25) is 0 Å². The van der Waals surface area contributed by atoms with Gasteiger partial charge in [-0.3, -0.25) is 4.79 Å². The number of nitrogens with zero attached hydrogens (tertiary/aromatic N) is 1. The third kappa shape index (κ3) is 2.54. The number of hydrogen-bond acceptors (Lipinski definition) is 3. The molecule has 2 aromatic carbocycles. The Balaban J connectivity index is 1.89. The van der Waals surface area contributed by atoms with Crippen LogP contribution in [0.3, 0.4) is 0 Å². The third-order valence-corrected chi connectivity index (χ3v) is 4.17. The summed E-state index contributed by atoms with van der Waals surface area (Å²) in [6.07, 6.45) is 1.67. The van der Waals surface area contributed by atoms with Crippen molar-refractivity contribution in [2.75, 3.05) is 5.32 Å². The summed E-state index contributed by atoms with van der Waals surface area (Å²) in [5, 5.41) is 5.78. The molecule has 5 heteroatoms. The molecule has 2 heterocycles. The number of H-pyrrole nitrogens is 1. The number of pyridine rings is 2. The number of aromatic nitrogens is 2. The van der Waals surface area contributed by atoms with E-state index < -0.39 is 0 Å². The van der Waals surface area contributed by atoms with E-state index in [-0.39, 0.29) is 5.56 Å². The van der Waals surface area contributed by atoms with E-state index in [2.05, 4.69) is 22.4 Å². The largest absolute Gasteiger partial charge is 0.365 e. The molecule has 0 radical (unpaired) electrons. The highest BCUT2D eigenvalue weighted by Crippen LogP contribution is 2.26. The van der Waals surface area contributed by atoms with Crippen molar-refractivity contribution >= 4 is 40.8 Å². The van der Waals surface area contributed by atoms with Gasteiger partial charge in [0.15, 0.2) is 0 Å². The molecule has 0 saturated heterocycles. The monoisotopic (exact) mass is 313 g/mol. The van der Waals surface area contributed by atoms with E-state index in [1.165, 1.54) is 5.56 Å². The van der Waals surface area contributed by atoms with Gasteiger partial charge in [-0.15, -0.1) is 0 Å². The van der Waals surface area contributed by atoms with Crippen LogP contribution in [0.4, 0.5) is 5.82 Å². The number of benzene rings is 2. The Bertz CT molecular complexity index is 1090. The van der Waals surface area contributed by atoms with Gasteiger partial charge < -0.3 is 10.3 Å². The van der Waals surface area contributed by atoms with Gasteiger partial charge in [-0.05, 0) is 17.7 Å². The first-order valence-corrected chi connectivity index (χ1v) is 7.92. The molecule has 4 rings (SSSR count). The fraction of sp³-hybridized carbons (Fsp3) is 0.0526. The molecule has 24 heavy (non-hydrogen) atoms. The first-order chi connectivity index (χ1) is 11.7. The zero-order valence-electron chi connectivity index (χ0n) is 13.3. The number of rotatable bonds is 3. The molecule has 4 aromatic rings. The highest BCUT2D eigenvalue weighted by Gasteiger charge is 2.11. The van der Waals surface area contributed by atoms with Crippen molar-refractivity contribution < 1.29 is 0 Å². The number of nitrogens with one attached hydrogen (secondary N) is 2. The summed E-state index contributed by atoms with van der Waals surface area (Å²) in [4.78, 5) is 19.9. The Kier molecular flexibility index (Phi) is 3.54. The van der Waals surface area contributed by atoms with Crippen LogP contribution in [0.1, 0.15) is 5.56 Å². The van der Waals surface area contributed by atoms with Gasteiger partial charge in [0, 0.05) is 23.5 Å². The number of anilines is 1. The fourth-order valence-electron chi connectivity index (χ4n) is 2.99. The molecule has 0 aliphatic rings. The van der Waals surface area contributed by atoms with Crippen LogP contribution < -0.4 is 16.3 Å². The van der Waals surface area contributed by atoms with Gasteiger partial charge in [-0.25, -0.2) is 4.98 Å². The number of fused-ring (bicyclic) bond motifs is 3. The van der Waals surface area contributed by atoms with Crippen LogP contribution in [0.25, 0.3) is 21.7 Å². The molecule has 2 N–H and O–H groups in total. The predicted molar refractivity (Wildman–Crippen MR) is 102 cm³/mol. The van der Waals surface area contributed by atoms with Gasteiger partial charge in [0.1, 0.15) is 13.7 Å². The maximum atomic E-state index is 12.4. The molecule has 0 unspecified atom stereocenters. The zero-order chi connectivity index (χ0) is 16.5. The third-order valence-electron chi connectivity index (χ3n) is 4.17. The van der Waals surface area contributed by atoms with Crippen molar-refractivity contribution in [3.8, 4) is 0 Å². The van der Waals surface area contributed by atoms with Gasteiger partial charge in [0.2, 0.25) is 0 Å². The van der Waals surface area contributed by atoms with Crippen LogP contribution in [-0.4, -0.2) is 17.8 Å². The summed E-state index contributed by atoms with van der Waals surface area (Å²) in [7, 11) is 2.02. The topological polar surface area (TPSA) is 57.8 Å². The molecule has 4 nitrogen and oxygen atoms in total. The molecule has 2 aromatic heterocycles. The first kappa shape index (κ1) is 14.5. The van der Waals surface area contributed by atoms with Crippen LogP contribution in [0, 0.1) is 0 Å². The normalized spacial score (nSPS) is 11.0. The van der Waals surface area contributed by atoms with E-state index >= 15 is 0 Å². The van der Waals surface area contributed by atoms with E-state index in [0.29, 0.717) is 11.9 Å². The molecule has 0 spiro atoms. The van der Waals surface area contributed by atoms with Gasteiger partial charge in [0.25, 0.3) is 5.56 Å². The van der Waals surface area contributed by atoms with Gasteiger partial charge >= 0.3 is 0 Å². The van der Waals surface area contributed by atoms with Crippen LogP contribution in [0.5, 0.6) is 0 Å². The summed E-state index contributed by atoms with van der Waals surface area (Å²) < 4.78 is 0. The predicted octanol–water partition coefficient (Wildman–Crippen LogP) is 1.95. The lowest BCUT2D eigenvalue weighted by molar-refractivity contribution is 1.13. The summed E-state index contributed by atoms with van der Waals surface area (Å²) in [6, 6.07) is 18.0. The molecule has 0 bridgehead atoms. The van der Waals surface area contributed by atoms with Crippen molar-refractivity contribution in [3.63, 3.8) is 0 Å². The second-order valence-corrected chi connectivity index (χ2v) is 5.92. The Labute approximate surface area is 140 Å². The van der Waals surface area contributed by atoms with Crippen LogP contribution >= 0.6 is 0 Å². The van der Waals surface area contributed by atoms with Crippen molar-refractivity contribution in [1.82, 2.24) is 9.97 Å². The van der Waals surface area contributed by atoms with Crippen molar-refractivity contribution in [2.24, 2.45) is 0 Å². The van der Waals surface area contributed by atoms with Gasteiger partial charge in [-0.2, -0.15) is 0 Å². The Hall–Kier alpha value is -3.08. The number of hydrogen-bond donors (Lipinski definition) is 2. The van der Waals surface area contributed by atoms with Crippen molar-refractivity contribution in [2.45, 2.75) is 6.54 Å². The second kappa shape index (κ2) is 5.85. The Morgan fingerprint density at radius 3 is 2.71 bits per heavy atom. The highest BCUT2D eigenvalue weighted by molar-refractivity contribution is 6.33. The van der Waals surface area contributed by atoms with Gasteiger partial charge in [-0.1, -0.05) is 47.9 Å². The zero-order valence-corrected chi connectivity index (χ0v) is 13.3. The Morgan fingerprint density at radius 1 is 1.04 bits per heavy atom. The molecule has 0 amide bonds. The average Bonchev–Trinajstić information content (AvgIpc) is 2.61.